The number of likely N-dealkylation sites (N-methyl/N-ethyl adjacent to an activating group) is 1. The van der Waals surface area contributed by atoms with E-state index in [1.54, 1.807) is 0 Å². The third-order valence-corrected chi connectivity index (χ3v) is 4.29. The summed E-state index contributed by atoms with van der Waals surface area (Å²) in [7, 11) is 2.15. The molecule has 1 heterocycles. The van der Waals surface area contributed by atoms with E-state index < -0.39 is 0 Å². The standard InChI is InChI=1S/C18H23N3/c1-20(15-7-3-2-4-8-15)13-14-21-12-6-9-16-17(19)10-5-11-18(16)21/h2-5,7-8,10-11H,6,9,12-14,19H2,1H3. The lowest BCUT2D eigenvalue weighted by molar-refractivity contribution is 0.684. The van der Waals surface area contributed by atoms with Crippen LogP contribution in [0.3, 0.4) is 0 Å². The first-order chi connectivity index (χ1) is 10.3. The summed E-state index contributed by atoms with van der Waals surface area (Å²) in [4.78, 5) is 4.77. The number of rotatable bonds is 4. The average Bonchev–Trinajstić information content (AvgIpc) is 2.54. The fraction of sp³-hybridized carbons (Fsp3) is 0.333. The highest BCUT2D eigenvalue weighted by molar-refractivity contribution is 5.66. The van der Waals surface area contributed by atoms with Crippen molar-refractivity contribution in [2.24, 2.45) is 0 Å². The quantitative estimate of drug-likeness (QED) is 0.874. The lowest BCUT2D eigenvalue weighted by Gasteiger charge is -2.33. The van der Waals surface area contributed by atoms with Crippen LogP contribution in [0.4, 0.5) is 17.1 Å². The van der Waals surface area contributed by atoms with E-state index in [9.17, 15) is 0 Å². The van der Waals surface area contributed by atoms with E-state index in [0.29, 0.717) is 0 Å². The molecule has 2 aromatic rings. The summed E-state index contributed by atoms with van der Waals surface area (Å²) < 4.78 is 0. The van der Waals surface area contributed by atoms with Gasteiger partial charge in [0.1, 0.15) is 0 Å². The summed E-state index contributed by atoms with van der Waals surface area (Å²) in [6.45, 7) is 3.17. The summed E-state index contributed by atoms with van der Waals surface area (Å²) in [5, 5.41) is 0. The van der Waals surface area contributed by atoms with Gasteiger partial charge in [-0.2, -0.15) is 0 Å². The first kappa shape index (κ1) is 13.8. The number of hydrogen-bond acceptors (Lipinski definition) is 3. The molecule has 3 heteroatoms. The van der Waals surface area contributed by atoms with Gasteiger partial charge in [0, 0.05) is 43.7 Å². The molecular weight excluding hydrogens is 258 g/mol. The van der Waals surface area contributed by atoms with E-state index in [0.717, 1.165) is 31.7 Å². The van der Waals surface area contributed by atoms with Crippen LogP contribution in [0, 0.1) is 0 Å². The molecule has 0 radical (unpaired) electrons. The maximum Gasteiger partial charge on any atom is 0.0420 e. The molecule has 0 saturated heterocycles. The Labute approximate surface area is 127 Å². The smallest absolute Gasteiger partial charge is 0.0420 e. The minimum Gasteiger partial charge on any atom is -0.398 e. The molecule has 0 unspecified atom stereocenters. The molecule has 2 aromatic carbocycles. The molecule has 21 heavy (non-hydrogen) atoms. The Morgan fingerprint density at radius 3 is 2.71 bits per heavy atom. The number of nitrogen functional groups attached to an aromatic ring is 1. The van der Waals surface area contributed by atoms with Gasteiger partial charge in [-0.3, -0.25) is 0 Å². The Balaban J connectivity index is 1.69. The van der Waals surface area contributed by atoms with Crippen LogP contribution in [0.2, 0.25) is 0 Å². The van der Waals surface area contributed by atoms with Gasteiger partial charge in [-0.1, -0.05) is 24.3 Å². The molecule has 0 amide bonds. The number of nitrogens with two attached hydrogens (primary N) is 1. The Bertz CT molecular complexity index is 595. The number of para-hydroxylation sites is 1. The second kappa shape index (κ2) is 6.08. The van der Waals surface area contributed by atoms with Gasteiger partial charge in [-0.25, -0.2) is 0 Å². The van der Waals surface area contributed by atoms with Gasteiger partial charge in [0.05, 0.1) is 0 Å². The molecule has 0 saturated carbocycles. The van der Waals surface area contributed by atoms with Crippen LogP contribution >= 0.6 is 0 Å². The lowest BCUT2D eigenvalue weighted by atomic mass is 10.00. The summed E-state index contributed by atoms with van der Waals surface area (Å²) in [5.74, 6) is 0. The number of benzene rings is 2. The summed E-state index contributed by atoms with van der Waals surface area (Å²) in [5.41, 5.74) is 11.0. The summed E-state index contributed by atoms with van der Waals surface area (Å²) >= 11 is 0. The molecule has 0 aliphatic carbocycles. The van der Waals surface area contributed by atoms with Crippen LogP contribution in [-0.4, -0.2) is 26.7 Å². The van der Waals surface area contributed by atoms with Gasteiger partial charge in [0.2, 0.25) is 0 Å². The molecule has 0 fully saturated rings. The van der Waals surface area contributed by atoms with Crippen molar-refractivity contribution in [2.75, 3.05) is 42.2 Å². The lowest BCUT2D eigenvalue weighted by Crippen LogP contribution is -2.36. The van der Waals surface area contributed by atoms with E-state index in [2.05, 4.69) is 59.3 Å². The van der Waals surface area contributed by atoms with Crippen molar-refractivity contribution < 1.29 is 0 Å². The molecule has 0 bridgehead atoms. The first-order valence-electron chi connectivity index (χ1n) is 7.64. The Hall–Kier alpha value is -2.16. The van der Waals surface area contributed by atoms with Gasteiger partial charge in [0.15, 0.2) is 0 Å². The highest BCUT2D eigenvalue weighted by Crippen LogP contribution is 2.31. The van der Waals surface area contributed by atoms with Gasteiger partial charge in [-0.05, 0) is 42.7 Å². The topological polar surface area (TPSA) is 32.5 Å². The maximum atomic E-state index is 6.11. The van der Waals surface area contributed by atoms with E-state index in [1.165, 1.54) is 23.4 Å². The minimum atomic E-state index is 0.939. The monoisotopic (exact) mass is 281 g/mol. The van der Waals surface area contributed by atoms with Crippen LogP contribution in [0.15, 0.2) is 48.5 Å². The van der Waals surface area contributed by atoms with Gasteiger partial charge in [-0.15, -0.1) is 0 Å². The molecule has 2 N–H and O–H groups in total. The van der Waals surface area contributed by atoms with Crippen molar-refractivity contribution in [3.05, 3.63) is 54.1 Å². The Kier molecular flexibility index (Phi) is 4.00. The first-order valence-corrected chi connectivity index (χ1v) is 7.64. The van der Waals surface area contributed by atoms with Crippen LogP contribution in [-0.2, 0) is 6.42 Å². The fourth-order valence-corrected chi connectivity index (χ4v) is 3.04. The number of anilines is 3. The minimum absolute atomic E-state index is 0.939. The third-order valence-electron chi connectivity index (χ3n) is 4.29. The van der Waals surface area contributed by atoms with Crippen molar-refractivity contribution in [3.63, 3.8) is 0 Å². The van der Waals surface area contributed by atoms with Crippen molar-refractivity contribution in [1.82, 2.24) is 0 Å². The second-order valence-corrected chi connectivity index (χ2v) is 5.69. The van der Waals surface area contributed by atoms with Crippen molar-refractivity contribution >= 4 is 17.1 Å². The molecular formula is C18H23N3. The molecule has 1 aliphatic rings. The maximum absolute atomic E-state index is 6.11. The molecule has 1 aliphatic heterocycles. The van der Waals surface area contributed by atoms with Crippen LogP contribution in [0.25, 0.3) is 0 Å². The van der Waals surface area contributed by atoms with E-state index in [1.807, 2.05) is 6.07 Å². The predicted molar refractivity (Wildman–Crippen MR) is 91.1 cm³/mol. The third kappa shape index (κ3) is 2.97. The largest absolute Gasteiger partial charge is 0.398 e. The van der Waals surface area contributed by atoms with Gasteiger partial charge < -0.3 is 15.5 Å². The van der Waals surface area contributed by atoms with Crippen molar-refractivity contribution in [3.8, 4) is 0 Å². The van der Waals surface area contributed by atoms with Gasteiger partial charge >= 0.3 is 0 Å². The zero-order chi connectivity index (χ0) is 14.7. The molecule has 0 atom stereocenters. The Morgan fingerprint density at radius 1 is 1.10 bits per heavy atom. The SMILES string of the molecule is CN(CCN1CCCc2c(N)cccc21)c1ccccc1. The van der Waals surface area contributed by atoms with E-state index in [-0.39, 0.29) is 0 Å². The number of hydrogen-bond donors (Lipinski definition) is 1. The molecule has 3 nitrogen and oxygen atoms in total. The van der Waals surface area contributed by atoms with Crippen LogP contribution in [0.5, 0.6) is 0 Å². The van der Waals surface area contributed by atoms with Crippen molar-refractivity contribution in [2.45, 2.75) is 12.8 Å². The zero-order valence-corrected chi connectivity index (χ0v) is 12.6. The van der Waals surface area contributed by atoms with Crippen LogP contribution in [0.1, 0.15) is 12.0 Å². The fourth-order valence-electron chi connectivity index (χ4n) is 3.04. The summed E-state index contributed by atoms with van der Waals surface area (Å²) in [6.07, 6.45) is 2.29. The summed E-state index contributed by atoms with van der Waals surface area (Å²) in [6, 6.07) is 16.8. The zero-order valence-electron chi connectivity index (χ0n) is 12.6. The van der Waals surface area contributed by atoms with Crippen LogP contribution < -0.4 is 15.5 Å². The molecule has 0 aromatic heterocycles. The second-order valence-electron chi connectivity index (χ2n) is 5.69. The highest BCUT2D eigenvalue weighted by Gasteiger charge is 2.18. The number of nitrogens with zero attached hydrogens (tertiary/aromatic N) is 2. The van der Waals surface area contributed by atoms with E-state index >= 15 is 0 Å². The van der Waals surface area contributed by atoms with Crippen molar-refractivity contribution in [1.29, 1.82) is 0 Å². The van der Waals surface area contributed by atoms with Gasteiger partial charge in [0.25, 0.3) is 0 Å². The number of fused-ring (bicyclic) bond motifs is 1. The molecule has 0 spiro atoms. The Morgan fingerprint density at radius 2 is 1.90 bits per heavy atom. The molecule has 110 valence electrons. The van der Waals surface area contributed by atoms with E-state index in [4.69, 9.17) is 5.73 Å². The normalized spacial score (nSPS) is 13.9. The average molecular weight is 281 g/mol. The predicted octanol–water partition coefficient (Wildman–Crippen LogP) is 3.16. The highest BCUT2D eigenvalue weighted by atomic mass is 15.2. The molecule has 3 rings (SSSR count).